The van der Waals surface area contributed by atoms with E-state index in [1.165, 1.54) is 65.2 Å². The minimum atomic E-state index is -1.09. The molecule has 244 valence electrons. The van der Waals surface area contributed by atoms with Crippen molar-refractivity contribution in [2.24, 2.45) is 0 Å². The van der Waals surface area contributed by atoms with E-state index in [0.29, 0.717) is 30.9 Å². The van der Waals surface area contributed by atoms with Crippen molar-refractivity contribution in [1.82, 2.24) is 21.3 Å². The summed E-state index contributed by atoms with van der Waals surface area (Å²) < 4.78 is 5.75. The van der Waals surface area contributed by atoms with Gasteiger partial charge in [-0.3, -0.25) is 19.2 Å². The average molecular weight is 606 g/mol. The van der Waals surface area contributed by atoms with Crippen LogP contribution in [0.15, 0.2) is 24.3 Å². The first kappa shape index (κ1) is 37.7. The summed E-state index contributed by atoms with van der Waals surface area (Å²) >= 11 is 0. The van der Waals surface area contributed by atoms with E-state index in [1.807, 2.05) is 0 Å². The zero-order valence-electron chi connectivity index (χ0n) is 26.5. The molecule has 0 aliphatic carbocycles. The van der Waals surface area contributed by atoms with E-state index < -0.39 is 24.1 Å². The van der Waals surface area contributed by atoms with Gasteiger partial charge in [0.05, 0.1) is 19.1 Å². The van der Waals surface area contributed by atoms with Gasteiger partial charge in [-0.25, -0.2) is 0 Å². The van der Waals surface area contributed by atoms with Crippen molar-refractivity contribution >= 4 is 29.3 Å². The molecule has 1 rings (SSSR count). The molecule has 0 aromatic heterocycles. The van der Waals surface area contributed by atoms with Gasteiger partial charge in [-0.05, 0) is 44.0 Å². The largest absolute Gasteiger partial charge is 0.494 e. The molecular formula is C32H55N5O6. The fourth-order valence-electron chi connectivity index (χ4n) is 4.35. The first-order valence-corrected chi connectivity index (χ1v) is 16.0. The highest BCUT2D eigenvalue weighted by Crippen LogP contribution is 2.17. The molecule has 11 nitrogen and oxygen atoms in total. The Balaban J connectivity index is 2.31. The number of carbonyl (C=O) groups excluding carboxylic acids is 4. The van der Waals surface area contributed by atoms with Gasteiger partial charge in [0.25, 0.3) is 5.91 Å². The summed E-state index contributed by atoms with van der Waals surface area (Å²) in [5, 5.41) is 23.3. The van der Waals surface area contributed by atoms with E-state index >= 15 is 0 Å². The molecule has 4 amide bonds. The van der Waals surface area contributed by atoms with Gasteiger partial charge in [-0.2, -0.15) is 0 Å². The lowest BCUT2D eigenvalue weighted by Crippen LogP contribution is -2.52. The van der Waals surface area contributed by atoms with Crippen LogP contribution in [0.4, 0.5) is 5.69 Å². The normalized spacial score (nSPS) is 12.1. The molecule has 0 aliphatic rings. The molecule has 0 radical (unpaired) electrons. The fraction of sp³-hybridized carbons (Fsp3) is 0.688. The Morgan fingerprint density at radius 1 is 0.767 bits per heavy atom. The Bertz CT molecular complexity index is 925. The molecular weight excluding hydrogens is 550 g/mol. The molecule has 0 fully saturated rings. The number of amides is 4. The van der Waals surface area contributed by atoms with Crippen molar-refractivity contribution in [2.45, 2.75) is 117 Å². The summed E-state index contributed by atoms with van der Waals surface area (Å²) in [5.41, 5.74) is 0.568. The van der Waals surface area contributed by atoms with E-state index in [-0.39, 0.29) is 31.3 Å². The van der Waals surface area contributed by atoms with Crippen molar-refractivity contribution in [2.75, 3.05) is 31.6 Å². The third-order valence-corrected chi connectivity index (χ3v) is 6.68. The van der Waals surface area contributed by atoms with E-state index in [9.17, 15) is 24.3 Å². The first-order valence-electron chi connectivity index (χ1n) is 16.0. The van der Waals surface area contributed by atoms with Gasteiger partial charge >= 0.3 is 0 Å². The zero-order chi connectivity index (χ0) is 31.7. The molecule has 0 saturated heterocycles. The number of hydrogen-bond donors (Lipinski definition) is 6. The second kappa shape index (κ2) is 24.1. The second-order valence-electron chi connectivity index (χ2n) is 11.0. The van der Waals surface area contributed by atoms with Crippen LogP contribution in [-0.4, -0.2) is 67.2 Å². The van der Waals surface area contributed by atoms with E-state index in [0.717, 1.165) is 19.4 Å². The van der Waals surface area contributed by atoms with Crippen LogP contribution in [0.1, 0.15) is 104 Å². The minimum Gasteiger partial charge on any atom is -0.494 e. The van der Waals surface area contributed by atoms with Crippen LogP contribution in [-0.2, 0) is 19.2 Å². The topological polar surface area (TPSA) is 158 Å². The number of aliphatic hydroxyl groups is 1. The number of nitrogens with one attached hydrogen (secondary N) is 5. The van der Waals surface area contributed by atoms with E-state index in [1.54, 1.807) is 24.3 Å². The molecule has 0 bridgehead atoms. The molecule has 0 aliphatic heterocycles. The molecule has 0 saturated carbocycles. The molecule has 0 heterocycles. The zero-order valence-corrected chi connectivity index (χ0v) is 26.5. The lowest BCUT2D eigenvalue weighted by atomic mass is 10.1. The first-order chi connectivity index (χ1) is 20.7. The predicted octanol–water partition coefficient (Wildman–Crippen LogP) is 3.76. The molecule has 43 heavy (non-hydrogen) atoms. The lowest BCUT2D eigenvalue weighted by Gasteiger charge is -2.21. The minimum absolute atomic E-state index is 0.0399. The second-order valence-corrected chi connectivity index (χ2v) is 11.0. The van der Waals surface area contributed by atoms with E-state index in [2.05, 4.69) is 33.5 Å². The molecule has 2 unspecified atom stereocenters. The highest BCUT2D eigenvalue weighted by Gasteiger charge is 2.21. The third-order valence-electron chi connectivity index (χ3n) is 6.68. The summed E-state index contributed by atoms with van der Waals surface area (Å²) in [6.07, 6.45) is 11.6. The molecule has 11 heteroatoms. The number of carbonyl (C=O) groups is 4. The van der Waals surface area contributed by atoms with Crippen molar-refractivity contribution in [1.29, 1.82) is 0 Å². The number of benzene rings is 1. The molecule has 2 atom stereocenters. The number of unbranched alkanes of at least 4 members (excludes halogenated alkanes) is 9. The predicted molar refractivity (Wildman–Crippen MR) is 170 cm³/mol. The van der Waals surface area contributed by atoms with Crippen molar-refractivity contribution in [3.63, 3.8) is 0 Å². The maximum atomic E-state index is 12.7. The summed E-state index contributed by atoms with van der Waals surface area (Å²) in [6.45, 7) is 6.66. The summed E-state index contributed by atoms with van der Waals surface area (Å²) in [6, 6.07) is 6.90. The van der Waals surface area contributed by atoms with Gasteiger partial charge in [0, 0.05) is 38.7 Å². The lowest BCUT2D eigenvalue weighted by molar-refractivity contribution is -0.129. The molecule has 6 N–H and O–H groups in total. The molecule has 1 aromatic rings. The van der Waals surface area contributed by atoms with Crippen LogP contribution < -0.4 is 31.3 Å². The number of hydrogen-bond acceptors (Lipinski definition) is 7. The van der Waals surface area contributed by atoms with Crippen molar-refractivity contribution in [3.05, 3.63) is 24.3 Å². The maximum absolute atomic E-state index is 12.7. The highest BCUT2D eigenvalue weighted by atomic mass is 16.5. The van der Waals surface area contributed by atoms with Gasteiger partial charge in [0.15, 0.2) is 6.17 Å². The Morgan fingerprint density at radius 3 is 1.98 bits per heavy atom. The number of ether oxygens (including phenoxy) is 1. The maximum Gasteiger partial charge on any atom is 0.263 e. The van der Waals surface area contributed by atoms with Crippen LogP contribution in [0.2, 0.25) is 0 Å². The van der Waals surface area contributed by atoms with Crippen LogP contribution >= 0.6 is 0 Å². The van der Waals surface area contributed by atoms with Crippen LogP contribution in [0, 0.1) is 0 Å². The standard InChI is InChI=1S/C32H55N5O6/c1-4-5-6-7-8-9-10-11-12-13-20-34-29(40)15-14-23-43-28-18-16-27(17-19-28)36-31(37-30(41)24-25(2)38)32(42)35-22-21-33-26(3)39/h16-19,25,31,36,38H,4-15,20-24H2,1-3H3,(H,33,39)(H,34,40)(H,35,42)(H,37,41). The number of anilines is 1. The van der Waals surface area contributed by atoms with Crippen molar-refractivity contribution < 1.29 is 29.0 Å². The van der Waals surface area contributed by atoms with Crippen LogP contribution in [0.3, 0.4) is 0 Å². The average Bonchev–Trinajstić information content (AvgIpc) is 2.96. The van der Waals surface area contributed by atoms with Gasteiger partial charge in [-0.1, -0.05) is 64.7 Å². The third kappa shape index (κ3) is 21.1. The monoisotopic (exact) mass is 605 g/mol. The Kier molecular flexibility index (Phi) is 21.2. The summed E-state index contributed by atoms with van der Waals surface area (Å²) in [4.78, 5) is 48.0. The summed E-state index contributed by atoms with van der Waals surface area (Å²) in [5.74, 6) is -0.531. The fourth-order valence-corrected chi connectivity index (χ4v) is 4.35. The van der Waals surface area contributed by atoms with Gasteiger partial charge in [0.2, 0.25) is 17.7 Å². The highest BCUT2D eigenvalue weighted by molar-refractivity contribution is 5.89. The van der Waals surface area contributed by atoms with Gasteiger partial charge in [0.1, 0.15) is 5.75 Å². The molecule has 1 aromatic carbocycles. The van der Waals surface area contributed by atoms with Crippen LogP contribution in [0.5, 0.6) is 5.75 Å². The SMILES string of the molecule is CCCCCCCCCCCCNC(=O)CCCOc1ccc(NC(NC(=O)CC(C)O)C(=O)NCCNC(C)=O)cc1. The van der Waals surface area contributed by atoms with Gasteiger partial charge < -0.3 is 36.4 Å². The number of aliphatic hydroxyl groups excluding tert-OH is 1. The van der Waals surface area contributed by atoms with Crippen LogP contribution in [0.25, 0.3) is 0 Å². The summed E-state index contributed by atoms with van der Waals surface area (Å²) in [7, 11) is 0. The Labute approximate surface area is 257 Å². The van der Waals surface area contributed by atoms with E-state index in [4.69, 9.17) is 4.74 Å². The van der Waals surface area contributed by atoms with Crippen molar-refractivity contribution in [3.8, 4) is 5.75 Å². The Hall–Kier alpha value is -3.34. The Morgan fingerprint density at radius 2 is 1.37 bits per heavy atom. The molecule has 0 spiro atoms. The number of rotatable bonds is 25. The quantitative estimate of drug-likeness (QED) is 0.0732. The van der Waals surface area contributed by atoms with Gasteiger partial charge in [-0.15, -0.1) is 0 Å². The smallest absolute Gasteiger partial charge is 0.263 e.